The molecule has 19 heavy (non-hydrogen) atoms. The molecule has 1 aromatic heterocycles. The molecule has 0 bridgehead atoms. The largest absolute Gasteiger partial charge is 0.497 e. The van der Waals surface area contributed by atoms with Gasteiger partial charge in [0.05, 0.1) is 18.8 Å². The van der Waals surface area contributed by atoms with E-state index in [-0.39, 0.29) is 0 Å². The van der Waals surface area contributed by atoms with Crippen LogP contribution in [0.3, 0.4) is 0 Å². The number of nitrogens with two attached hydrogens (primary N) is 1. The van der Waals surface area contributed by atoms with Gasteiger partial charge < -0.3 is 10.5 Å². The molecule has 0 aliphatic carbocycles. The molecule has 0 saturated carbocycles. The van der Waals surface area contributed by atoms with Crippen LogP contribution in [0.5, 0.6) is 5.75 Å². The lowest BCUT2D eigenvalue weighted by Gasteiger charge is -2.14. The van der Waals surface area contributed by atoms with Gasteiger partial charge in [0.25, 0.3) is 0 Å². The maximum absolute atomic E-state index is 6.07. The van der Waals surface area contributed by atoms with E-state index in [4.69, 9.17) is 10.5 Å². The number of methoxy groups -OCH3 is 1. The Bertz CT molecular complexity index is 544. The van der Waals surface area contributed by atoms with Crippen LogP contribution in [0.25, 0.3) is 11.3 Å². The predicted molar refractivity (Wildman–Crippen MR) is 78.2 cm³/mol. The van der Waals surface area contributed by atoms with Crippen molar-refractivity contribution in [1.29, 1.82) is 0 Å². The van der Waals surface area contributed by atoms with Crippen molar-refractivity contribution in [2.24, 2.45) is 0 Å². The number of nitrogens with zero attached hydrogens (tertiary/aromatic N) is 2. The molecule has 1 heterocycles. The standard InChI is InChI=1S/C15H21N3O/c1-4-12(5-2)18-15(16)10-14(17-18)11-7-6-8-13(9-11)19-3/h6-10,12H,4-5,16H2,1-3H3. The van der Waals surface area contributed by atoms with Crippen LogP contribution in [0.1, 0.15) is 32.7 Å². The summed E-state index contributed by atoms with van der Waals surface area (Å²) >= 11 is 0. The molecule has 2 N–H and O–H groups in total. The first-order chi connectivity index (χ1) is 9.19. The van der Waals surface area contributed by atoms with Gasteiger partial charge in [-0.05, 0) is 25.0 Å². The summed E-state index contributed by atoms with van der Waals surface area (Å²) < 4.78 is 7.16. The molecular weight excluding hydrogens is 238 g/mol. The van der Waals surface area contributed by atoms with Crippen LogP contribution in [0.15, 0.2) is 30.3 Å². The Morgan fingerprint density at radius 3 is 2.63 bits per heavy atom. The highest BCUT2D eigenvalue weighted by atomic mass is 16.5. The lowest BCUT2D eigenvalue weighted by molar-refractivity contribution is 0.415. The lowest BCUT2D eigenvalue weighted by Crippen LogP contribution is -2.11. The Labute approximate surface area is 114 Å². The minimum atomic E-state index is 0.361. The molecule has 0 aliphatic rings. The van der Waals surface area contributed by atoms with Gasteiger partial charge in [-0.1, -0.05) is 26.0 Å². The second-order valence-electron chi connectivity index (χ2n) is 4.60. The van der Waals surface area contributed by atoms with Crippen LogP contribution in [-0.2, 0) is 0 Å². The summed E-state index contributed by atoms with van der Waals surface area (Å²) in [5.74, 6) is 1.54. The van der Waals surface area contributed by atoms with Gasteiger partial charge >= 0.3 is 0 Å². The third kappa shape index (κ3) is 2.72. The molecule has 0 radical (unpaired) electrons. The molecule has 1 aromatic carbocycles. The molecule has 0 spiro atoms. The number of nitrogen functional groups attached to an aromatic ring is 1. The first kappa shape index (κ1) is 13.5. The Morgan fingerprint density at radius 2 is 2.00 bits per heavy atom. The summed E-state index contributed by atoms with van der Waals surface area (Å²) in [4.78, 5) is 0. The van der Waals surface area contributed by atoms with Crippen molar-refractivity contribution in [2.75, 3.05) is 12.8 Å². The fraction of sp³-hybridized carbons (Fsp3) is 0.400. The van der Waals surface area contributed by atoms with E-state index >= 15 is 0 Å². The number of aromatic nitrogens is 2. The number of ether oxygens (including phenoxy) is 1. The summed E-state index contributed by atoms with van der Waals surface area (Å²) in [6, 6.07) is 10.2. The minimum Gasteiger partial charge on any atom is -0.497 e. The van der Waals surface area contributed by atoms with Gasteiger partial charge in [-0.25, -0.2) is 4.68 Å². The van der Waals surface area contributed by atoms with Gasteiger partial charge in [0.2, 0.25) is 0 Å². The van der Waals surface area contributed by atoms with E-state index in [2.05, 4.69) is 18.9 Å². The fourth-order valence-corrected chi connectivity index (χ4v) is 2.26. The first-order valence-corrected chi connectivity index (χ1v) is 6.69. The zero-order valence-corrected chi connectivity index (χ0v) is 11.8. The normalized spacial score (nSPS) is 10.9. The quantitative estimate of drug-likeness (QED) is 0.894. The molecule has 0 saturated heterocycles. The topological polar surface area (TPSA) is 53.1 Å². The summed E-state index contributed by atoms with van der Waals surface area (Å²) in [6.07, 6.45) is 2.06. The second kappa shape index (κ2) is 5.78. The summed E-state index contributed by atoms with van der Waals surface area (Å²) in [5.41, 5.74) is 7.99. The number of hydrogen-bond acceptors (Lipinski definition) is 3. The number of rotatable bonds is 5. The molecule has 2 rings (SSSR count). The number of anilines is 1. The molecule has 0 fully saturated rings. The van der Waals surface area contributed by atoms with Gasteiger partial charge in [-0.2, -0.15) is 5.10 Å². The summed E-state index contributed by atoms with van der Waals surface area (Å²) in [7, 11) is 1.66. The van der Waals surface area contributed by atoms with Crippen molar-refractivity contribution in [3.05, 3.63) is 30.3 Å². The molecule has 0 aliphatic heterocycles. The van der Waals surface area contributed by atoms with Crippen molar-refractivity contribution in [3.63, 3.8) is 0 Å². The Morgan fingerprint density at radius 1 is 1.26 bits per heavy atom. The van der Waals surface area contributed by atoms with E-state index in [1.807, 2.05) is 35.0 Å². The summed E-state index contributed by atoms with van der Waals surface area (Å²) in [5, 5.41) is 4.63. The maximum Gasteiger partial charge on any atom is 0.122 e. The van der Waals surface area contributed by atoms with Crippen molar-refractivity contribution < 1.29 is 4.74 Å². The maximum atomic E-state index is 6.07. The molecule has 102 valence electrons. The third-order valence-corrected chi connectivity index (χ3v) is 3.42. The van der Waals surface area contributed by atoms with E-state index < -0.39 is 0 Å². The van der Waals surface area contributed by atoms with Gasteiger partial charge in [0.15, 0.2) is 0 Å². The van der Waals surface area contributed by atoms with Crippen molar-refractivity contribution in [2.45, 2.75) is 32.7 Å². The highest BCUT2D eigenvalue weighted by Crippen LogP contribution is 2.27. The van der Waals surface area contributed by atoms with Gasteiger partial charge in [0, 0.05) is 11.6 Å². The average Bonchev–Trinajstić information content (AvgIpc) is 2.83. The van der Waals surface area contributed by atoms with Gasteiger partial charge in [-0.3, -0.25) is 0 Å². The lowest BCUT2D eigenvalue weighted by atomic mass is 10.1. The van der Waals surface area contributed by atoms with Crippen molar-refractivity contribution >= 4 is 5.82 Å². The van der Waals surface area contributed by atoms with E-state index in [0.717, 1.165) is 29.8 Å². The van der Waals surface area contributed by atoms with E-state index in [1.54, 1.807) is 7.11 Å². The monoisotopic (exact) mass is 259 g/mol. The molecule has 0 unspecified atom stereocenters. The third-order valence-electron chi connectivity index (χ3n) is 3.42. The molecule has 0 amide bonds. The number of hydrogen-bond donors (Lipinski definition) is 1. The second-order valence-corrected chi connectivity index (χ2v) is 4.60. The van der Waals surface area contributed by atoms with Crippen LogP contribution in [0, 0.1) is 0 Å². The smallest absolute Gasteiger partial charge is 0.122 e. The highest BCUT2D eigenvalue weighted by molar-refractivity contribution is 5.64. The fourth-order valence-electron chi connectivity index (χ4n) is 2.26. The molecule has 2 aromatic rings. The van der Waals surface area contributed by atoms with Crippen LogP contribution in [0.2, 0.25) is 0 Å². The Hall–Kier alpha value is -1.97. The van der Waals surface area contributed by atoms with Crippen molar-refractivity contribution in [1.82, 2.24) is 9.78 Å². The summed E-state index contributed by atoms with van der Waals surface area (Å²) in [6.45, 7) is 4.31. The molecule has 4 heteroatoms. The zero-order valence-electron chi connectivity index (χ0n) is 11.8. The zero-order chi connectivity index (χ0) is 13.8. The molecule has 4 nitrogen and oxygen atoms in total. The van der Waals surface area contributed by atoms with Gasteiger partial charge in [0.1, 0.15) is 11.6 Å². The average molecular weight is 259 g/mol. The van der Waals surface area contributed by atoms with Crippen LogP contribution in [0.4, 0.5) is 5.82 Å². The van der Waals surface area contributed by atoms with E-state index in [0.29, 0.717) is 11.9 Å². The SMILES string of the molecule is CCC(CC)n1nc(-c2cccc(OC)c2)cc1N. The minimum absolute atomic E-state index is 0.361. The highest BCUT2D eigenvalue weighted by Gasteiger charge is 2.13. The van der Waals surface area contributed by atoms with Crippen LogP contribution >= 0.6 is 0 Å². The van der Waals surface area contributed by atoms with Crippen LogP contribution < -0.4 is 10.5 Å². The Kier molecular flexibility index (Phi) is 4.10. The molecular formula is C15H21N3O. The number of benzene rings is 1. The predicted octanol–water partition coefficient (Wildman–Crippen LogP) is 3.50. The van der Waals surface area contributed by atoms with Gasteiger partial charge in [-0.15, -0.1) is 0 Å². The first-order valence-electron chi connectivity index (χ1n) is 6.69. The molecule has 0 atom stereocenters. The van der Waals surface area contributed by atoms with Crippen LogP contribution in [-0.4, -0.2) is 16.9 Å². The Balaban J connectivity index is 2.38. The van der Waals surface area contributed by atoms with E-state index in [1.165, 1.54) is 0 Å². The van der Waals surface area contributed by atoms with E-state index in [9.17, 15) is 0 Å². The van der Waals surface area contributed by atoms with Crippen molar-refractivity contribution in [3.8, 4) is 17.0 Å².